The fraction of sp³-hybridized carbons (Fsp3) is 0.500. The van der Waals surface area contributed by atoms with Gasteiger partial charge in [-0.25, -0.2) is 0 Å². The van der Waals surface area contributed by atoms with E-state index < -0.39 is 0 Å². The first-order valence-electron chi connectivity index (χ1n) is 6.67. The zero-order chi connectivity index (χ0) is 14.2. The highest BCUT2D eigenvalue weighted by molar-refractivity contribution is 7.99. The summed E-state index contributed by atoms with van der Waals surface area (Å²) in [4.78, 5) is 12.0. The van der Waals surface area contributed by atoms with Crippen molar-refractivity contribution in [2.75, 3.05) is 37.9 Å². The summed E-state index contributed by atoms with van der Waals surface area (Å²) in [6, 6.07) is 5.21. The minimum absolute atomic E-state index is 0.107. The van der Waals surface area contributed by atoms with E-state index >= 15 is 0 Å². The molecule has 0 unspecified atom stereocenters. The summed E-state index contributed by atoms with van der Waals surface area (Å²) in [5, 5.41) is 11.5. The summed E-state index contributed by atoms with van der Waals surface area (Å²) in [6.45, 7) is 1.89. The predicted molar refractivity (Wildman–Crippen MR) is 78.8 cm³/mol. The van der Waals surface area contributed by atoms with Gasteiger partial charge >= 0.3 is 0 Å². The third-order valence-electron chi connectivity index (χ3n) is 2.78. The van der Waals surface area contributed by atoms with Crippen LogP contribution in [0.5, 0.6) is 11.5 Å². The van der Waals surface area contributed by atoms with Crippen LogP contribution >= 0.6 is 11.8 Å². The molecule has 2 N–H and O–H groups in total. The summed E-state index contributed by atoms with van der Waals surface area (Å²) in [6.07, 6.45) is 0.792. The minimum atomic E-state index is -0.107. The highest BCUT2D eigenvalue weighted by atomic mass is 32.2. The number of hydrogen-bond donors (Lipinski definition) is 2. The predicted octanol–water partition coefficient (Wildman–Crippen LogP) is 1.30. The third kappa shape index (κ3) is 4.31. The Hall–Kier alpha value is -1.40. The monoisotopic (exact) mass is 297 g/mol. The van der Waals surface area contributed by atoms with Crippen molar-refractivity contribution in [3.63, 3.8) is 0 Å². The number of aliphatic hydroxyl groups is 1. The van der Waals surface area contributed by atoms with Gasteiger partial charge < -0.3 is 19.9 Å². The summed E-state index contributed by atoms with van der Waals surface area (Å²) in [5.74, 6) is 2.96. The lowest BCUT2D eigenvalue weighted by molar-refractivity contribution is 0.0955. The van der Waals surface area contributed by atoms with Crippen LogP contribution in [0.3, 0.4) is 0 Å². The second-order valence-electron chi connectivity index (χ2n) is 4.30. The van der Waals surface area contributed by atoms with Gasteiger partial charge in [0, 0.05) is 24.5 Å². The number of rotatable bonds is 7. The number of thioether (sulfide) groups is 1. The number of benzene rings is 1. The van der Waals surface area contributed by atoms with E-state index in [9.17, 15) is 4.79 Å². The van der Waals surface area contributed by atoms with Crippen molar-refractivity contribution in [3.05, 3.63) is 23.8 Å². The Morgan fingerprint density at radius 1 is 1.25 bits per heavy atom. The fourth-order valence-corrected chi connectivity index (χ4v) is 2.58. The molecule has 0 radical (unpaired) electrons. The standard InChI is InChI=1S/C14H19NO4S/c16-5-1-8-20-9-4-15-14(17)11-2-3-12-13(10-11)19-7-6-18-12/h2-3,10,16H,1,4-9H2,(H,15,17). The normalized spacial score (nSPS) is 13.1. The van der Waals surface area contributed by atoms with Crippen molar-refractivity contribution < 1.29 is 19.4 Å². The Morgan fingerprint density at radius 2 is 2.05 bits per heavy atom. The molecule has 1 heterocycles. The van der Waals surface area contributed by atoms with E-state index in [0.29, 0.717) is 36.8 Å². The number of carbonyl (C=O) groups is 1. The number of fused-ring (bicyclic) bond motifs is 1. The van der Waals surface area contributed by atoms with E-state index in [0.717, 1.165) is 17.9 Å². The lowest BCUT2D eigenvalue weighted by atomic mass is 10.2. The first-order valence-corrected chi connectivity index (χ1v) is 7.83. The van der Waals surface area contributed by atoms with Crippen molar-refractivity contribution in [2.24, 2.45) is 0 Å². The molecule has 0 bridgehead atoms. The topological polar surface area (TPSA) is 67.8 Å². The third-order valence-corrected chi connectivity index (χ3v) is 3.85. The van der Waals surface area contributed by atoms with E-state index in [4.69, 9.17) is 14.6 Å². The summed E-state index contributed by atoms with van der Waals surface area (Å²) < 4.78 is 10.9. The molecule has 0 fully saturated rings. The molecule has 6 heteroatoms. The number of nitrogens with one attached hydrogen (secondary N) is 1. The second kappa shape index (κ2) is 8.01. The number of carbonyl (C=O) groups excluding carboxylic acids is 1. The minimum Gasteiger partial charge on any atom is -0.486 e. The lowest BCUT2D eigenvalue weighted by Gasteiger charge is -2.18. The van der Waals surface area contributed by atoms with Crippen LogP contribution in [0.25, 0.3) is 0 Å². The molecule has 0 atom stereocenters. The van der Waals surface area contributed by atoms with Crippen molar-refractivity contribution in [1.29, 1.82) is 0 Å². The van der Waals surface area contributed by atoms with Crippen molar-refractivity contribution in [2.45, 2.75) is 6.42 Å². The summed E-state index contributed by atoms with van der Waals surface area (Å²) in [5.41, 5.74) is 0.578. The highest BCUT2D eigenvalue weighted by Gasteiger charge is 2.14. The van der Waals surface area contributed by atoms with Crippen molar-refractivity contribution in [1.82, 2.24) is 5.32 Å². The summed E-state index contributed by atoms with van der Waals surface area (Å²) >= 11 is 1.72. The van der Waals surface area contributed by atoms with Crippen LogP contribution < -0.4 is 14.8 Å². The molecule has 0 aromatic heterocycles. The van der Waals surface area contributed by atoms with Crippen LogP contribution in [-0.2, 0) is 0 Å². The van der Waals surface area contributed by atoms with Crippen LogP contribution in [-0.4, -0.2) is 48.9 Å². The molecule has 2 rings (SSSR count). The Morgan fingerprint density at radius 3 is 2.85 bits per heavy atom. The van der Waals surface area contributed by atoms with Gasteiger partial charge in [-0.05, 0) is 30.4 Å². The zero-order valence-corrected chi connectivity index (χ0v) is 12.1. The molecule has 1 aromatic rings. The van der Waals surface area contributed by atoms with Crippen LogP contribution in [0, 0.1) is 0 Å². The number of ether oxygens (including phenoxy) is 2. The van der Waals surface area contributed by atoms with Gasteiger partial charge in [0.05, 0.1) is 0 Å². The van der Waals surface area contributed by atoms with Crippen LogP contribution in [0.1, 0.15) is 16.8 Å². The van der Waals surface area contributed by atoms with Gasteiger partial charge in [-0.15, -0.1) is 0 Å². The van der Waals surface area contributed by atoms with Gasteiger partial charge in [0.15, 0.2) is 11.5 Å². The molecule has 0 spiro atoms. The Kier molecular flexibility index (Phi) is 6.01. The maximum absolute atomic E-state index is 12.0. The molecule has 0 aliphatic carbocycles. The lowest BCUT2D eigenvalue weighted by Crippen LogP contribution is -2.26. The van der Waals surface area contributed by atoms with Gasteiger partial charge in [-0.2, -0.15) is 11.8 Å². The zero-order valence-electron chi connectivity index (χ0n) is 11.3. The average molecular weight is 297 g/mol. The van der Waals surface area contributed by atoms with Crippen LogP contribution in [0.2, 0.25) is 0 Å². The maximum Gasteiger partial charge on any atom is 0.251 e. The van der Waals surface area contributed by atoms with Gasteiger partial charge in [0.1, 0.15) is 13.2 Å². The Labute approximate surface area is 122 Å². The number of amides is 1. The van der Waals surface area contributed by atoms with E-state index in [1.54, 1.807) is 30.0 Å². The van der Waals surface area contributed by atoms with Crippen LogP contribution in [0.4, 0.5) is 0 Å². The van der Waals surface area contributed by atoms with Gasteiger partial charge in [-0.3, -0.25) is 4.79 Å². The van der Waals surface area contributed by atoms with E-state index in [1.807, 2.05) is 0 Å². The first-order chi connectivity index (χ1) is 9.81. The Bertz CT molecular complexity index is 453. The van der Waals surface area contributed by atoms with E-state index in [-0.39, 0.29) is 12.5 Å². The summed E-state index contributed by atoms with van der Waals surface area (Å²) in [7, 11) is 0. The quantitative estimate of drug-likeness (QED) is 0.743. The number of aliphatic hydroxyl groups excluding tert-OH is 1. The van der Waals surface area contributed by atoms with E-state index in [1.165, 1.54) is 0 Å². The molecule has 1 aliphatic heterocycles. The average Bonchev–Trinajstić information content (AvgIpc) is 2.50. The largest absolute Gasteiger partial charge is 0.486 e. The van der Waals surface area contributed by atoms with E-state index in [2.05, 4.69) is 5.32 Å². The fourth-order valence-electron chi connectivity index (χ4n) is 1.79. The molecular weight excluding hydrogens is 278 g/mol. The molecule has 20 heavy (non-hydrogen) atoms. The molecular formula is C14H19NO4S. The SMILES string of the molecule is O=C(NCCSCCCO)c1ccc2c(c1)OCCO2. The molecule has 110 valence electrons. The molecule has 0 saturated carbocycles. The van der Waals surface area contributed by atoms with Crippen molar-refractivity contribution >= 4 is 17.7 Å². The molecule has 1 aliphatic rings. The van der Waals surface area contributed by atoms with Gasteiger partial charge in [0.2, 0.25) is 0 Å². The smallest absolute Gasteiger partial charge is 0.251 e. The highest BCUT2D eigenvalue weighted by Crippen LogP contribution is 2.30. The van der Waals surface area contributed by atoms with Gasteiger partial charge in [0.25, 0.3) is 5.91 Å². The van der Waals surface area contributed by atoms with Gasteiger partial charge in [-0.1, -0.05) is 0 Å². The molecule has 0 saturated heterocycles. The molecule has 5 nitrogen and oxygen atoms in total. The molecule has 1 amide bonds. The Balaban J connectivity index is 1.77. The molecule has 1 aromatic carbocycles. The number of hydrogen-bond acceptors (Lipinski definition) is 5. The van der Waals surface area contributed by atoms with Crippen LogP contribution in [0.15, 0.2) is 18.2 Å². The first kappa shape index (κ1) is 15.0. The maximum atomic E-state index is 12.0. The van der Waals surface area contributed by atoms with Crippen molar-refractivity contribution in [3.8, 4) is 11.5 Å². The second-order valence-corrected chi connectivity index (χ2v) is 5.53.